The highest BCUT2D eigenvalue weighted by Crippen LogP contribution is 2.35. The minimum Gasteiger partial charge on any atom is -0.461 e. The standard InChI is InChI=1S/C27H25F3N2O4/c1-18(33)34-17-23-22-4-2-3-5-24(22)36-26(23)25-11-10-21(35-25)16-31-12-14-32(15-13-31)20-8-6-19(7-9-20)27(28,29)30/h2-11H,12-17H2,1H3. The van der Waals surface area contributed by atoms with Crippen LogP contribution in [0.2, 0.25) is 0 Å². The summed E-state index contributed by atoms with van der Waals surface area (Å²) in [6, 6.07) is 16.6. The van der Waals surface area contributed by atoms with Gasteiger partial charge in [-0.15, -0.1) is 0 Å². The summed E-state index contributed by atoms with van der Waals surface area (Å²) >= 11 is 0. The van der Waals surface area contributed by atoms with E-state index in [9.17, 15) is 18.0 Å². The molecule has 2 aromatic carbocycles. The lowest BCUT2D eigenvalue weighted by molar-refractivity contribution is -0.142. The molecule has 0 spiro atoms. The SMILES string of the molecule is CC(=O)OCc1c(-c2ccc(CN3CCN(c4ccc(C(F)(F)F)cc4)CC3)o2)oc2ccccc12. The van der Waals surface area contributed by atoms with Gasteiger partial charge in [-0.05, 0) is 42.5 Å². The molecule has 0 radical (unpaired) electrons. The van der Waals surface area contributed by atoms with Gasteiger partial charge in [0.25, 0.3) is 0 Å². The summed E-state index contributed by atoms with van der Waals surface area (Å²) in [5.41, 5.74) is 1.59. The highest BCUT2D eigenvalue weighted by Gasteiger charge is 2.30. The van der Waals surface area contributed by atoms with Crippen LogP contribution in [0.5, 0.6) is 0 Å². The minimum atomic E-state index is -4.33. The summed E-state index contributed by atoms with van der Waals surface area (Å²) in [6.45, 7) is 4.96. The van der Waals surface area contributed by atoms with Crippen LogP contribution < -0.4 is 4.90 Å². The molecule has 0 saturated carbocycles. The molecule has 6 nitrogen and oxygen atoms in total. The van der Waals surface area contributed by atoms with Crippen molar-refractivity contribution in [2.75, 3.05) is 31.1 Å². The van der Waals surface area contributed by atoms with Crippen molar-refractivity contribution < 1.29 is 31.5 Å². The molecule has 2 aromatic heterocycles. The van der Waals surface area contributed by atoms with E-state index in [1.165, 1.54) is 19.1 Å². The Morgan fingerprint density at radius 3 is 2.36 bits per heavy atom. The molecule has 3 heterocycles. The van der Waals surface area contributed by atoms with E-state index in [0.29, 0.717) is 36.7 Å². The molecule has 1 saturated heterocycles. The zero-order valence-electron chi connectivity index (χ0n) is 19.7. The van der Waals surface area contributed by atoms with Crippen LogP contribution in [0, 0.1) is 0 Å². The molecule has 1 aliphatic heterocycles. The van der Waals surface area contributed by atoms with Crippen LogP contribution in [0.4, 0.5) is 18.9 Å². The summed E-state index contributed by atoms with van der Waals surface area (Å²) in [4.78, 5) is 15.7. The van der Waals surface area contributed by atoms with Gasteiger partial charge in [0.05, 0.1) is 12.1 Å². The number of alkyl halides is 3. The Balaban J connectivity index is 1.24. The first-order valence-electron chi connectivity index (χ1n) is 11.7. The van der Waals surface area contributed by atoms with Crippen LogP contribution in [-0.4, -0.2) is 37.0 Å². The molecular formula is C27H25F3N2O4. The maximum Gasteiger partial charge on any atom is 0.416 e. The van der Waals surface area contributed by atoms with E-state index in [2.05, 4.69) is 9.80 Å². The first-order valence-corrected chi connectivity index (χ1v) is 11.7. The fourth-order valence-corrected chi connectivity index (χ4v) is 4.45. The van der Waals surface area contributed by atoms with Crippen molar-refractivity contribution >= 4 is 22.6 Å². The van der Waals surface area contributed by atoms with E-state index in [1.807, 2.05) is 36.4 Å². The summed E-state index contributed by atoms with van der Waals surface area (Å²) in [5.74, 6) is 1.50. The van der Waals surface area contributed by atoms with Gasteiger partial charge in [-0.1, -0.05) is 18.2 Å². The number of anilines is 1. The van der Waals surface area contributed by atoms with Gasteiger partial charge in [0, 0.05) is 49.7 Å². The van der Waals surface area contributed by atoms with Gasteiger partial charge in [0.1, 0.15) is 18.0 Å². The molecule has 0 bridgehead atoms. The Kier molecular flexibility index (Phi) is 6.49. The molecule has 4 aromatic rings. The van der Waals surface area contributed by atoms with Gasteiger partial charge < -0.3 is 18.5 Å². The van der Waals surface area contributed by atoms with Crippen molar-refractivity contribution in [2.24, 2.45) is 0 Å². The molecule has 188 valence electrons. The number of benzene rings is 2. The van der Waals surface area contributed by atoms with Crippen LogP contribution in [0.1, 0.15) is 23.8 Å². The van der Waals surface area contributed by atoms with E-state index in [4.69, 9.17) is 13.6 Å². The van der Waals surface area contributed by atoms with Crippen LogP contribution >= 0.6 is 0 Å². The number of halogens is 3. The number of fused-ring (bicyclic) bond motifs is 1. The lowest BCUT2D eigenvalue weighted by atomic mass is 10.1. The zero-order chi connectivity index (χ0) is 25.3. The molecule has 1 aliphatic rings. The highest BCUT2D eigenvalue weighted by molar-refractivity contribution is 5.87. The van der Waals surface area contributed by atoms with Crippen molar-refractivity contribution in [1.82, 2.24) is 4.90 Å². The summed E-state index contributed by atoms with van der Waals surface area (Å²) in [7, 11) is 0. The number of hydrogen-bond donors (Lipinski definition) is 0. The van der Waals surface area contributed by atoms with Crippen molar-refractivity contribution in [3.8, 4) is 11.5 Å². The first-order chi connectivity index (χ1) is 17.3. The largest absolute Gasteiger partial charge is 0.461 e. The Morgan fingerprint density at radius 2 is 1.67 bits per heavy atom. The van der Waals surface area contributed by atoms with Gasteiger partial charge in [-0.3, -0.25) is 9.69 Å². The number of rotatable bonds is 6. The number of carbonyl (C=O) groups excluding carboxylic acids is 1. The number of esters is 1. The quantitative estimate of drug-likeness (QED) is 0.300. The second-order valence-electron chi connectivity index (χ2n) is 8.76. The van der Waals surface area contributed by atoms with Crippen molar-refractivity contribution in [1.29, 1.82) is 0 Å². The van der Waals surface area contributed by atoms with E-state index < -0.39 is 11.7 Å². The molecular weight excluding hydrogens is 473 g/mol. The fourth-order valence-electron chi connectivity index (χ4n) is 4.45. The van der Waals surface area contributed by atoms with E-state index >= 15 is 0 Å². The maximum atomic E-state index is 12.8. The van der Waals surface area contributed by atoms with Crippen LogP contribution in [0.3, 0.4) is 0 Å². The third-order valence-corrected chi connectivity index (χ3v) is 6.32. The number of ether oxygens (including phenoxy) is 1. The van der Waals surface area contributed by atoms with Crippen molar-refractivity contribution in [2.45, 2.75) is 26.3 Å². The zero-order valence-corrected chi connectivity index (χ0v) is 19.7. The third kappa shape index (κ3) is 5.11. The van der Waals surface area contributed by atoms with E-state index in [-0.39, 0.29) is 12.6 Å². The number of carbonyl (C=O) groups is 1. The molecule has 0 aliphatic carbocycles. The number of nitrogens with zero attached hydrogens (tertiary/aromatic N) is 2. The molecule has 0 atom stereocenters. The second kappa shape index (κ2) is 9.73. The monoisotopic (exact) mass is 498 g/mol. The predicted octanol–water partition coefficient (Wildman–Crippen LogP) is 6.10. The molecule has 9 heteroatoms. The average Bonchev–Trinajstić information content (AvgIpc) is 3.47. The topological polar surface area (TPSA) is 59.1 Å². The average molecular weight is 499 g/mol. The molecule has 5 rings (SSSR count). The normalized spacial score (nSPS) is 14.9. The van der Waals surface area contributed by atoms with Gasteiger partial charge in [0.15, 0.2) is 11.5 Å². The van der Waals surface area contributed by atoms with Gasteiger partial charge >= 0.3 is 12.1 Å². The van der Waals surface area contributed by atoms with E-state index in [0.717, 1.165) is 47.6 Å². The number of hydrogen-bond acceptors (Lipinski definition) is 6. The Hall–Kier alpha value is -3.72. The molecule has 36 heavy (non-hydrogen) atoms. The van der Waals surface area contributed by atoms with Crippen molar-refractivity contribution in [3.05, 3.63) is 77.6 Å². The minimum absolute atomic E-state index is 0.0869. The number of para-hydroxylation sites is 1. The highest BCUT2D eigenvalue weighted by atomic mass is 19.4. The van der Waals surface area contributed by atoms with Gasteiger partial charge in [0.2, 0.25) is 0 Å². The third-order valence-electron chi connectivity index (χ3n) is 6.32. The summed E-state index contributed by atoms with van der Waals surface area (Å²) < 4.78 is 55.9. The summed E-state index contributed by atoms with van der Waals surface area (Å²) in [6.07, 6.45) is -4.33. The van der Waals surface area contributed by atoms with Crippen LogP contribution in [0.15, 0.2) is 69.5 Å². The Bertz CT molecular complexity index is 1350. The van der Waals surface area contributed by atoms with Gasteiger partial charge in [-0.2, -0.15) is 13.2 Å². The Morgan fingerprint density at radius 1 is 0.944 bits per heavy atom. The lowest BCUT2D eigenvalue weighted by Gasteiger charge is -2.35. The predicted molar refractivity (Wildman–Crippen MR) is 128 cm³/mol. The number of piperazine rings is 1. The number of furan rings is 2. The maximum absolute atomic E-state index is 12.8. The smallest absolute Gasteiger partial charge is 0.416 e. The Labute approximate surface area is 205 Å². The van der Waals surface area contributed by atoms with Crippen LogP contribution in [-0.2, 0) is 28.9 Å². The fraction of sp³-hybridized carbons (Fsp3) is 0.296. The van der Waals surface area contributed by atoms with E-state index in [1.54, 1.807) is 0 Å². The molecule has 0 amide bonds. The van der Waals surface area contributed by atoms with Crippen LogP contribution in [0.25, 0.3) is 22.5 Å². The van der Waals surface area contributed by atoms with Crippen molar-refractivity contribution in [3.63, 3.8) is 0 Å². The molecule has 0 unspecified atom stereocenters. The second-order valence-corrected chi connectivity index (χ2v) is 8.76. The molecule has 1 fully saturated rings. The molecule has 0 N–H and O–H groups in total. The first kappa shape index (κ1) is 24.0. The van der Waals surface area contributed by atoms with Gasteiger partial charge in [-0.25, -0.2) is 0 Å². The summed E-state index contributed by atoms with van der Waals surface area (Å²) in [5, 5.41) is 0.867. The lowest BCUT2D eigenvalue weighted by Crippen LogP contribution is -2.45.